The predicted octanol–water partition coefficient (Wildman–Crippen LogP) is 16.9. The molecular weight excluding hydrogens is 785 g/mol. The van der Waals surface area contributed by atoms with Crippen molar-refractivity contribution in [1.82, 2.24) is 0 Å². The van der Waals surface area contributed by atoms with E-state index in [0.717, 1.165) is 24.2 Å². The Kier molecular flexibility index (Phi) is 12.8. The van der Waals surface area contributed by atoms with Crippen molar-refractivity contribution in [2.75, 3.05) is 9.80 Å². The van der Waals surface area contributed by atoms with Crippen LogP contribution < -0.4 is 9.80 Å². The van der Waals surface area contributed by atoms with Gasteiger partial charge in [0.15, 0.2) is 0 Å². The largest absolute Gasteiger partial charge is 0.316 e. The van der Waals surface area contributed by atoms with Gasteiger partial charge in [0, 0.05) is 51.7 Å². The minimum atomic E-state index is -0.0769. The molecule has 0 radical (unpaired) electrons. The molecule has 9 rings (SSSR count). The van der Waals surface area contributed by atoms with Gasteiger partial charge in [-0.1, -0.05) is 200 Å². The number of hydrogen-bond donors (Lipinski definition) is 0. The average molecular weight is 845 g/mol. The smallest absolute Gasteiger partial charge is 0.0485 e. The van der Waals surface area contributed by atoms with Crippen LogP contribution in [0.15, 0.2) is 213 Å². The molecule has 1 saturated carbocycles. The fourth-order valence-electron chi connectivity index (χ4n) is 9.98. The van der Waals surface area contributed by atoms with E-state index in [-0.39, 0.29) is 5.41 Å². The van der Waals surface area contributed by atoms with Crippen molar-refractivity contribution >= 4 is 33.9 Å². The maximum absolute atomic E-state index is 2.42. The van der Waals surface area contributed by atoms with Gasteiger partial charge < -0.3 is 9.80 Å². The summed E-state index contributed by atoms with van der Waals surface area (Å²) in [6, 6.07) is 73.9. The normalized spacial score (nSPS) is 13.5. The van der Waals surface area contributed by atoms with Gasteiger partial charge in [-0.05, 0) is 128 Å². The zero-order chi connectivity index (χ0) is 44.8. The molecule has 0 N–H and O–H groups in total. The lowest BCUT2D eigenvalue weighted by molar-refractivity contribution is 0.346. The van der Waals surface area contributed by atoms with Crippen molar-refractivity contribution < 1.29 is 0 Å². The Hall–Kier alpha value is -7.16. The summed E-state index contributed by atoms with van der Waals surface area (Å²) >= 11 is 0. The third kappa shape index (κ3) is 9.40. The summed E-state index contributed by atoms with van der Waals surface area (Å²) in [5, 5.41) is 0. The van der Waals surface area contributed by atoms with E-state index < -0.39 is 0 Å². The van der Waals surface area contributed by atoms with E-state index in [1.54, 1.807) is 0 Å². The molecule has 1 aliphatic rings. The van der Waals surface area contributed by atoms with Crippen molar-refractivity contribution in [3.8, 4) is 0 Å². The van der Waals surface area contributed by atoms with Crippen LogP contribution in [-0.4, -0.2) is 0 Å². The van der Waals surface area contributed by atoms with E-state index >= 15 is 0 Å². The van der Waals surface area contributed by atoms with E-state index in [2.05, 4.69) is 257 Å². The summed E-state index contributed by atoms with van der Waals surface area (Å²) in [6.45, 7) is 11.0. The molecule has 322 valence electrons. The van der Waals surface area contributed by atoms with E-state index in [1.807, 2.05) is 0 Å². The van der Waals surface area contributed by atoms with Gasteiger partial charge in [-0.15, -0.1) is 0 Å². The van der Waals surface area contributed by atoms with Gasteiger partial charge >= 0.3 is 0 Å². The van der Waals surface area contributed by atoms with Crippen LogP contribution in [-0.2, 0) is 5.41 Å². The zero-order valence-corrected chi connectivity index (χ0v) is 38.6. The van der Waals surface area contributed by atoms with Crippen molar-refractivity contribution in [2.45, 2.75) is 72.1 Å². The van der Waals surface area contributed by atoms with Gasteiger partial charge in [0.25, 0.3) is 0 Å². The van der Waals surface area contributed by atoms with E-state index in [9.17, 15) is 0 Å². The van der Waals surface area contributed by atoms with Crippen LogP contribution in [0.4, 0.5) is 22.7 Å². The lowest BCUT2D eigenvalue weighted by atomic mass is 9.65. The lowest BCUT2D eigenvalue weighted by Gasteiger charge is -2.39. The molecular formula is C63H60N2. The summed E-state index contributed by atoms with van der Waals surface area (Å²) in [5.41, 5.74) is 20.7. The fourth-order valence-corrected chi connectivity index (χ4v) is 9.98. The number of anilines is 4. The number of nitrogens with zero attached hydrogens (tertiary/aromatic N) is 2. The van der Waals surface area contributed by atoms with Crippen molar-refractivity contribution in [2.24, 2.45) is 0 Å². The third-order valence-corrected chi connectivity index (χ3v) is 13.5. The molecule has 0 amide bonds. The molecule has 8 aromatic carbocycles. The molecule has 1 fully saturated rings. The molecule has 2 nitrogen and oxygen atoms in total. The fraction of sp³-hybridized carbons (Fsp3) is 0.175. The Labute approximate surface area is 387 Å². The van der Waals surface area contributed by atoms with Crippen LogP contribution in [0.2, 0.25) is 0 Å². The maximum atomic E-state index is 2.42. The molecule has 8 aromatic rings. The first-order valence-electron chi connectivity index (χ1n) is 23.4. The zero-order valence-electron chi connectivity index (χ0n) is 38.6. The Morgan fingerprint density at radius 3 is 1.09 bits per heavy atom. The Bertz CT molecular complexity index is 2860. The lowest BCUT2D eigenvalue weighted by Crippen LogP contribution is -2.30. The molecule has 0 unspecified atom stereocenters. The van der Waals surface area contributed by atoms with Gasteiger partial charge in [-0.2, -0.15) is 0 Å². The van der Waals surface area contributed by atoms with E-state index in [0.29, 0.717) is 0 Å². The number of benzene rings is 8. The molecule has 65 heavy (non-hydrogen) atoms. The van der Waals surface area contributed by atoms with Crippen LogP contribution in [0.3, 0.4) is 0 Å². The van der Waals surface area contributed by atoms with Crippen molar-refractivity contribution in [3.63, 3.8) is 0 Å². The SMILES string of the molecule is Cc1ccc(/C(=C\N(c2ccc(C3(c4ccc(N(C=C(c5ccccc5)c5ccccc5)c5ccc(C)cc5C)cc4)CCCCC3)cc2)c2ccc(C)cc2C)c2ccccc2)cc1. The summed E-state index contributed by atoms with van der Waals surface area (Å²) in [4.78, 5) is 4.79. The highest BCUT2D eigenvalue weighted by Gasteiger charge is 2.36. The number of aryl methyl sites for hydroxylation is 5. The number of hydrogen-bond acceptors (Lipinski definition) is 2. The first-order chi connectivity index (χ1) is 31.8. The van der Waals surface area contributed by atoms with Crippen LogP contribution in [0.25, 0.3) is 11.1 Å². The second-order valence-electron chi connectivity index (χ2n) is 18.1. The second kappa shape index (κ2) is 19.3. The molecule has 2 heteroatoms. The standard InChI is InChI=1S/C63H60N2/c1-46-24-28-54(29-25-46)60(53-22-14-8-15-23-53)45-65(62-39-27-48(3)43-50(62)5)58-36-32-56(33-37-58)63(40-16-9-17-41-63)55-30-34-57(35-31-55)64(61-38-26-47(2)42-49(61)4)44-59(51-18-10-6-11-19-51)52-20-12-7-13-21-52/h6-8,10-15,18-39,42-45H,9,16-17,40-41H2,1-5H3/b60-45-. The highest BCUT2D eigenvalue weighted by atomic mass is 15.1. The molecule has 0 heterocycles. The molecule has 1 aliphatic carbocycles. The quantitative estimate of drug-likeness (QED) is 0.121. The molecule has 0 aliphatic heterocycles. The molecule has 0 bridgehead atoms. The van der Waals surface area contributed by atoms with Crippen LogP contribution in [0, 0.1) is 34.6 Å². The topological polar surface area (TPSA) is 6.48 Å². The van der Waals surface area contributed by atoms with Crippen LogP contribution in [0.5, 0.6) is 0 Å². The minimum Gasteiger partial charge on any atom is -0.316 e. The van der Waals surface area contributed by atoms with E-state index in [4.69, 9.17) is 0 Å². The summed E-state index contributed by atoms with van der Waals surface area (Å²) < 4.78 is 0. The third-order valence-electron chi connectivity index (χ3n) is 13.5. The van der Waals surface area contributed by atoms with Gasteiger partial charge in [0.05, 0.1) is 0 Å². The van der Waals surface area contributed by atoms with Gasteiger partial charge in [-0.25, -0.2) is 0 Å². The minimum absolute atomic E-state index is 0.0769. The molecule has 0 aromatic heterocycles. The molecule has 0 saturated heterocycles. The first kappa shape index (κ1) is 43.1. The monoisotopic (exact) mass is 844 g/mol. The van der Waals surface area contributed by atoms with Crippen LogP contribution in [0.1, 0.15) is 93.3 Å². The van der Waals surface area contributed by atoms with Gasteiger partial charge in [-0.3, -0.25) is 0 Å². The molecule has 0 spiro atoms. The second-order valence-corrected chi connectivity index (χ2v) is 18.1. The summed E-state index contributed by atoms with van der Waals surface area (Å²) in [7, 11) is 0. The predicted molar refractivity (Wildman–Crippen MR) is 278 cm³/mol. The van der Waals surface area contributed by atoms with Gasteiger partial charge in [0.1, 0.15) is 0 Å². The molecule has 0 atom stereocenters. The Morgan fingerprint density at radius 2 is 0.723 bits per heavy atom. The highest BCUT2D eigenvalue weighted by molar-refractivity contribution is 5.86. The first-order valence-corrected chi connectivity index (χ1v) is 23.4. The van der Waals surface area contributed by atoms with Crippen molar-refractivity contribution in [3.05, 3.63) is 274 Å². The van der Waals surface area contributed by atoms with Crippen molar-refractivity contribution in [1.29, 1.82) is 0 Å². The summed E-state index contributed by atoms with van der Waals surface area (Å²) in [6.07, 6.45) is 10.6. The maximum Gasteiger partial charge on any atom is 0.0485 e. The number of rotatable bonds is 12. The van der Waals surface area contributed by atoms with Gasteiger partial charge in [0.2, 0.25) is 0 Å². The highest BCUT2D eigenvalue weighted by Crippen LogP contribution is 2.47. The summed E-state index contributed by atoms with van der Waals surface area (Å²) in [5.74, 6) is 0. The Morgan fingerprint density at radius 1 is 0.369 bits per heavy atom. The van der Waals surface area contributed by atoms with E-state index in [1.165, 1.54) is 103 Å². The van der Waals surface area contributed by atoms with Crippen LogP contribution >= 0.6 is 0 Å². The average Bonchev–Trinajstić information content (AvgIpc) is 3.34. The Balaban J connectivity index is 1.13.